The van der Waals surface area contributed by atoms with Crippen molar-refractivity contribution >= 4 is 29.4 Å². The standard InChI is InChI=1S/C20H18ClFN4OS/c1-14-19(9-10-23-27-12-16-3-2-4-18(22)11-16)24-20(26-25-14)28-13-15-5-7-17(21)8-6-15/h2-11,23H,12-13H2,1H3/b10-9+. The number of halogens is 2. The lowest BCUT2D eigenvalue weighted by Gasteiger charge is -2.05. The maximum Gasteiger partial charge on any atom is 0.209 e. The van der Waals surface area contributed by atoms with Gasteiger partial charge in [0.2, 0.25) is 5.16 Å². The third-order valence-corrected chi connectivity index (χ3v) is 4.83. The van der Waals surface area contributed by atoms with E-state index in [9.17, 15) is 4.39 Å². The number of nitrogens with one attached hydrogen (secondary N) is 1. The number of hydroxylamine groups is 1. The van der Waals surface area contributed by atoms with E-state index >= 15 is 0 Å². The third-order valence-electron chi connectivity index (χ3n) is 3.67. The van der Waals surface area contributed by atoms with Crippen molar-refractivity contribution in [3.63, 3.8) is 0 Å². The number of nitrogens with zero attached hydrogens (tertiary/aromatic N) is 3. The zero-order valence-corrected chi connectivity index (χ0v) is 16.7. The molecule has 28 heavy (non-hydrogen) atoms. The Morgan fingerprint density at radius 3 is 2.75 bits per heavy atom. The van der Waals surface area contributed by atoms with Crippen molar-refractivity contribution in [3.05, 3.63) is 88.1 Å². The molecule has 1 heterocycles. The molecule has 2 aromatic carbocycles. The second-order valence-corrected chi connectivity index (χ2v) is 7.23. The highest BCUT2D eigenvalue weighted by atomic mass is 35.5. The summed E-state index contributed by atoms with van der Waals surface area (Å²) in [4.78, 5) is 9.80. The minimum atomic E-state index is -0.289. The molecule has 0 saturated carbocycles. The first kappa shape index (κ1) is 20.3. The van der Waals surface area contributed by atoms with Gasteiger partial charge in [-0.3, -0.25) is 10.3 Å². The van der Waals surface area contributed by atoms with E-state index in [2.05, 4.69) is 20.7 Å². The van der Waals surface area contributed by atoms with Gasteiger partial charge in [-0.15, -0.1) is 5.10 Å². The Bertz CT molecular complexity index is 953. The average Bonchev–Trinajstić information content (AvgIpc) is 2.69. The number of hydrogen-bond donors (Lipinski definition) is 1. The Labute approximate surface area is 172 Å². The molecule has 0 aliphatic heterocycles. The lowest BCUT2D eigenvalue weighted by Crippen LogP contribution is -2.07. The van der Waals surface area contributed by atoms with Crippen molar-refractivity contribution in [2.45, 2.75) is 24.4 Å². The molecule has 1 N–H and O–H groups in total. The second-order valence-electron chi connectivity index (χ2n) is 5.85. The minimum Gasteiger partial charge on any atom is -0.274 e. The molecule has 144 valence electrons. The molecule has 0 atom stereocenters. The summed E-state index contributed by atoms with van der Waals surface area (Å²) in [6.07, 6.45) is 3.37. The fourth-order valence-electron chi connectivity index (χ4n) is 2.24. The summed E-state index contributed by atoms with van der Waals surface area (Å²) in [6.45, 7) is 2.08. The molecule has 0 spiro atoms. The van der Waals surface area contributed by atoms with Crippen LogP contribution >= 0.6 is 23.4 Å². The number of aryl methyl sites for hydroxylation is 1. The number of aromatic nitrogens is 3. The Morgan fingerprint density at radius 2 is 1.96 bits per heavy atom. The van der Waals surface area contributed by atoms with Gasteiger partial charge in [-0.2, -0.15) is 5.10 Å². The SMILES string of the molecule is Cc1nnc(SCc2ccc(Cl)cc2)nc1/C=C/NOCc1cccc(F)c1. The van der Waals surface area contributed by atoms with Gasteiger partial charge in [0, 0.05) is 17.0 Å². The molecule has 0 aliphatic rings. The van der Waals surface area contributed by atoms with Crippen LogP contribution in [-0.4, -0.2) is 15.2 Å². The summed E-state index contributed by atoms with van der Waals surface area (Å²) in [5.74, 6) is 0.433. The molecule has 0 amide bonds. The van der Waals surface area contributed by atoms with Crippen LogP contribution in [-0.2, 0) is 17.2 Å². The van der Waals surface area contributed by atoms with Crippen molar-refractivity contribution in [1.29, 1.82) is 0 Å². The summed E-state index contributed by atoms with van der Waals surface area (Å²) in [7, 11) is 0. The fourth-order valence-corrected chi connectivity index (χ4v) is 3.11. The van der Waals surface area contributed by atoms with Crippen LogP contribution in [0.5, 0.6) is 0 Å². The summed E-state index contributed by atoms with van der Waals surface area (Å²) < 4.78 is 13.1. The van der Waals surface area contributed by atoms with Gasteiger partial charge in [0.05, 0.1) is 18.0 Å². The third kappa shape index (κ3) is 6.30. The van der Waals surface area contributed by atoms with Gasteiger partial charge in [0.1, 0.15) is 5.82 Å². The van der Waals surface area contributed by atoms with E-state index in [-0.39, 0.29) is 12.4 Å². The quantitative estimate of drug-likeness (QED) is 0.318. The van der Waals surface area contributed by atoms with Gasteiger partial charge in [-0.25, -0.2) is 9.37 Å². The predicted molar refractivity (Wildman–Crippen MR) is 109 cm³/mol. The van der Waals surface area contributed by atoms with Gasteiger partial charge in [-0.05, 0) is 48.4 Å². The Morgan fingerprint density at radius 1 is 1.14 bits per heavy atom. The van der Waals surface area contributed by atoms with Gasteiger partial charge >= 0.3 is 0 Å². The highest BCUT2D eigenvalue weighted by Gasteiger charge is 2.05. The zero-order valence-electron chi connectivity index (χ0n) is 15.1. The molecule has 0 saturated heterocycles. The number of hydrogen-bond acceptors (Lipinski definition) is 6. The Hall–Kier alpha value is -2.48. The van der Waals surface area contributed by atoms with Crippen molar-refractivity contribution in [2.24, 2.45) is 0 Å². The summed E-state index contributed by atoms with van der Waals surface area (Å²) in [5.41, 5.74) is 5.96. The lowest BCUT2D eigenvalue weighted by molar-refractivity contribution is 0.0580. The molecule has 0 radical (unpaired) electrons. The normalized spacial score (nSPS) is 11.1. The lowest BCUT2D eigenvalue weighted by atomic mass is 10.2. The van der Waals surface area contributed by atoms with Crippen LogP contribution in [0.25, 0.3) is 6.08 Å². The van der Waals surface area contributed by atoms with Crippen LogP contribution in [0, 0.1) is 12.7 Å². The molecule has 3 rings (SSSR count). The molecule has 3 aromatic rings. The fraction of sp³-hybridized carbons (Fsp3) is 0.150. The summed E-state index contributed by atoms with van der Waals surface area (Å²) in [5, 5.41) is 9.56. The topological polar surface area (TPSA) is 59.9 Å². The Balaban J connectivity index is 1.52. The first-order valence-electron chi connectivity index (χ1n) is 8.47. The van der Waals surface area contributed by atoms with Crippen LogP contribution in [0.15, 0.2) is 59.9 Å². The summed E-state index contributed by atoms with van der Waals surface area (Å²) in [6, 6.07) is 13.9. The smallest absolute Gasteiger partial charge is 0.209 e. The molecule has 1 aromatic heterocycles. The first-order valence-corrected chi connectivity index (χ1v) is 9.83. The van der Waals surface area contributed by atoms with E-state index in [1.54, 1.807) is 24.4 Å². The van der Waals surface area contributed by atoms with Gasteiger partial charge in [0.15, 0.2) is 0 Å². The van der Waals surface area contributed by atoms with Crippen LogP contribution in [0.1, 0.15) is 22.5 Å². The monoisotopic (exact) mass is 416 g/mol. The van der Waals surface area contributed by atoms with Crippen molar-refractivity contribution in [2.75, 3.05) is 0 Å². The van der Waals surface area contributed by atoms with Gasteiger partial charge in [-0.1, -0.05) is 47.6 Å². The van der Waals surface area contributed by atoms with Crippen molar-refractivity contribution < 1.29 is 9.23 Å². The van der Waals surface area contributed by atoms with E-state index in [1.807, 2.05) is 31.2 Å². The van der Waals surface area contributed by atoms with Crippen LogP contribution < -0.4 is 5.48 Å². The van der Waals surface area contributed by atoms with Gasteiger partial charge in [0.25, 0.3) is 0 Å². The van der Waals surface area contributed by atoms with Crippen LogP contribution in [0.4, 0.5) is 4.39 Å². The molecule has 0 fully saturated rings. The van der Waals surface area contributed by atoms with E-state index in [0.717, 1.165) is 16.9 Å². The van der Waals surface area contributed by atoms with Crippen LogP contribution in [0.3, 0.4) is 0 Å². The maximum absolute atomic E-state index is 13.1. The molecule has 0 unspecified atom stereocenters. The zero-order chi connectivity index (χ0) is 19.8. The maximum atomic E-state index is 13.1. The molecular weight excluding hydrogens is 399 g/mol. The van der Waals surface area contributed by atoms with E-state index < -0.39 is 0 Å². The largest absolute Gasteiger partial charge is 0.274 e. The molecule has 5 nitrogen and oxygen atoms in total. The Kier molecular flexibility index (Phi) is 7.36. The van der Waals surface area contributed by atoms with E-state index in [4.69, 9.17) is 16.4 Å². The second kappa shape index (κ2) is 10.2. The molecule has 0 aliphatic carbocycles. The molecular formula is C20H18ClFN4OS. The summed E-state index contributed by atoms with van der Waals surface area (Å²) >= 11 is 7.39. The first-order chi connectivity index (χ1) is 13.6. The highest BCUT2D eigenvalue weighted by Crippen LogP contribution is 2.20. The predicted octanol–water partition coefficient (Wildman–Crippen LogP) is 4.96. The molecule has 8 heteroatoms. The van der Waals surface area contributed by atoms with E-state index in [0.29, 0.717) is 21.6 Å². The van der Waals surface area contributed by atoms with Crippen molar-refractivity contribution in [3.8, 4) is 0 Å². The molecule has 0 bridgehead atoms. The van der Waals surface area contributed by atoms with Crippen LogP contribution in [0.2, 0.25) is 5.02 Å². The highest BCUT2D eigenvalue weighted by molar-refractivity contribution is 7.98. The average molecular weight is 417 g/mol. The van der Waals surface area contributed by atoms with Gasteiger partial charge < -0.3 is 0 Å². The number of benzene rings is 2. The number of thioether (sulfide) groups is 1. The number of rotatable bonds is 8. The van der Waals surface area contributed by atoms with Crippen molar-refractivity contribution in [1.82, 2.24) is 20.7 Å². The van der Waals surface area contributed by atoms with E-state index in [1.165, 1.54) is 23.9 Å². The minimum absolute atomic E-state index is 0.241.